The van der Waals surface area contributed by atoms with Crippen LogP contribution in [0.15, 0.2) is 30.5 Å². The number of aromatic hydroxyl groups is 1. The molecule has 106 valence electrons. The Balaban J connectivity index is 2.56. The fraction of sp³-hybridized carbons (Fsp3) is 0.167. The van der Waals surface area contributed by atoms with Gasteiger partial charge in [0.05, 0.1) is 18.3 Å². The summed E-state index contributed by atoms with van der Waals surface area (Å²) in [4.78, 5) is 10.6. The molecule has 2 rings (SSSR count). The first-order valence-electron chi connectivity index (χ1n) is 5.44. The Bertz CT molecular complexity index is 632. The van der Waals surface area contributed by atoms with Crippen molar-refractivity contribution in [1.82, 2.24) is 9.78 Å². The van der Waals surface area contributed by atoms with Crippen LogP contribution >= 0.6 is 0 Å². The van der Waals surface area contributed by atoms with Crippen molar-refractivity contribution in [3.63, 3.8) is 0 Å². The van der Waals surface area contributed by atoms with Gasteiger partial charge in [-0.2, -0.15) is 18.3 Å². The van der Waals surface area contributed by atoms with Crippen LogP contribution < -0.4 is 0 Å². The average molecular weight is 286 g/mol. The van der Waals surface area contributed by atoms with E-state index < -0.39 is 29.8 Å². The van der Waals surface area contributed by atoms with Crippen LogP contribution in [-0.4, -0.2) is 26.0 Å². The summed E-state index contributed by atoms with van der Waals surface area (Å²) in [6.45, 7) is 0. The quantitative estimate of drug-likeness (QED) is 0.907. The number of phenolic OH excluding ortho intramolecular Hbond substituents is 1. The van der Waals surface area contributed by atoms with Crippen LogP contribution in [0.3, 0.4) is 0 Å². The zero-order valence-corrected chi connectivity index (χ0v) is 9.92. The first-order chi connectivity index (χ1) is 9.29. The zero-order valence-electron chi connectivity index (χ0n) is 9.92. The predicted octanol–water partition coefficient (Wildman–Crippen LogP) is 2.22. The second kappa shape index (κ2) is 4.87. The largest absolute Gasteiger partial charge is 0.508 e. The lowest BCUT2D eigenvalue weighted by Crippen LogP contribution is -2.16. The van der Waals surface area contributed by atoms with Crippen LogP contribution in [0.25, 0.3) is 5.69 Å². The van der Waals surface area contributed by atoms with E-state index in [4.69, 9.17) is 10.2 Å². The number of aromatic nitrogens is 2. The number of aliphatic carboxylic acids is 1. The van der Waals surface area contributed by atoms with Gasteiger partial charge in [-0.05, 0) is 24.3 Å². The predicted molar refractivity (Wildman–Crippen MR) is 61.6 cm³/mol. The van der Waals surface area contributed by atoms with Crippen LogP contribution in [0.1, 0.15) is 11.3 Å². The van der Waals surface area contributed by atoms with Gasteiger partial charge in [0.25, 0.3) is 0 Å². The van der Waals surface area contributed by atoms with Gasteiger partial charge in [-0.25, -0.2) is 4.68 Å². The molecule has 0 aliphatic carbocycles. The van der Waals surface area contributed by atoms with Crippen molar-refractivity contribution in [1.29, 1.82) is 0 Å². The van der Waals surface area contributed by atoms with Gasteiger partial charge in [-0.1, -0.05) is 0 Å². The SMILES string of the molecule is O=C(O)Cc1cnn(-c2ccc(O)cc2)c1C(F)(F)F. The van der Waals surface area contributed by atoms with Crippen LogP contribution in [0.5, 0.6) is 5.75 Å². The molecule has 20 heavy (non-hydrogen) atoms. The van der Waals surface area contributed by atoms with Gasteiger partial charge in [0, 0.05) is 5.56 Å². The monoisotopic (exact) mass is 286 g/mol. The Morgan fingerprint density at radius 2 is 1.85 bits per heavy atom. The number of rotatable bonds is 3. The molecule has 0 radical (unpaired) electrons. The molecule has 5 nitrogen and oxygen atoms in total. The standard InChI is InChI=1S/C12H9F3N2O3/c13-12(14,15)11-7(5-10(19)20)6-16-17(11)8-1-3-9(18)4-2-8/h1-4,6,18H,5H2,(H,19,20). The van der Waals surface area contributed by atoms with E-state index in [1.54, 1.807) is 0 Å². The molecule has 0 saturated carbocycles. The molecule has 0 atom stereocenters. The van der Waals surface area contributed by atoms with Crippen molar-refractivity contribution in [2.24, 2.45) is 0 Å². The zero-order chi connectivity index (χ0) is 14.9. The first-order valence-corrected chi connectivity index (χ1v) is 5.44. The van der Waals surface area contributed by atoms with E-state index in [0.29, 0.717) is 4.68 Å². The number of carboxylic acid groups (broad SMARTS) is 1. The molecule has 2 aromatic rings. The second-order valence-corrected chi connectivity index (χ2v) is 4.01. The fourth-order valence-electron chi connectivity index (χ4n) is 1.77. The average Bonchev–Trinajstić information content (AvgIpc) is 2.72. The summed E-state index contributed by atoms with van der Waals surface area (Å²) >= 11 is 0. The minimum absolute atomic E-state index is 0.0757. The van der Waals surface area contributed by atoms with E-state index in [-0.39, 0.29) is 11.4 Å². The molecule has 0 spiro atoms. The molecule has 0 amide bonds. The maximum Gasteiger partial charge on any atom is 0.433 e. The lowest BCUT2D eigenvalue weighted by atomic mass is 10.1. The summed E-state index contributed by atoms with van der Waals surface area (Å²) in [7, 11) is 0. The number of alkyl halides is 3. The highest BCUT2D eigenvalue weighted by molar-refractivity contribution is 5.70. The van der Waals surface area contributed by atoms with Crippen LogP contribution in [-0.2, 0) is 17.4 Å². The number of hydrogen-bond acceptors (Lipinski definition) is 3. The minimum Gasteiger partial charge on any atom is -0.508 e. The Kier molecular flexibility index (Phi) is 3.39. The molecule has 2 N–H and O–H groups in total. The third-order valence-electron chi connectivity index (χ3n) is 2.55. The van der Waals surface area contributed by atoms with E-state index in [1.807, 2.05) is 0 Å². The van der Waals surface area contributed by atoms with E-state index in [0.717, 1.165) is 6.20 Å². The lowest BCUT2D eigenvalue weighted by molar-refractivity contribution is -0.144. The fourth-order valence-corrected chi connectivity index (χ4v) is 1.77. The van der Waals surface area contributed by atoms with Crippen molar-refractivity contribution in [3.8, 4) is 11.4 Å². The number of nitrogens with zero attached hydrogens (tertiary/aromatic N) is 2. The van der Waals surface area contributed by atoms with Crippen LogP contribution in [0.4, 0.5) is 13.2 Å². The van der Waals surface area contributed by atoms with Crippen molar-refractivity contribution < 1.29 is 28.2 Å². The molecule has 0 aliphatic heterocycles. The van der Waals surface area contributed by atoms with Crippen LogP contribution in [0.2, 0.25) is 0 Å². The summed E-state index contributed by atoms with van der Waals surface area (Å²) in [6, 6.07) is 4.94. The molecule has 0 bridgehead atoms. The molecular weight excluding hydrogens is 277 g/mol. The van der Waals surface area contributed by atoms with Gasteiger partial charge in [-0.3, -0.25) is 4.79 Å². The van der Waals surface area contributed by atoms with Crippen molar-refractivity contribution in [3.05, 3.63) is 41.7 Å². The Labute approximate surface area is 110 Å². The van der Waals surface area contributed by atoms with Crippen molar-refractivity contribution in [2.75, 3.05) is 0 Å². The number of carbonyl (C=O) groups is 1. The summed E-state index contributed by atoms with van der Waals surface area (Å²) in [5.74, 6) is -1.47. The number of hydrogen-bond donors (Lipinski definition) is 2. The molecule has 1 aromatic heterocycles. The number of carboxylic acids is 1. The summed E-state index contributed by atoms with van der Waals surface area (Å²) in [5.41, 5.74) is -1.48. The summed E-state index contributed by atoms with van der Waals surface area (Å²) in [6.07, 6.45) is -4.63. The highest BCUT2D eigenvalue weighted by Crippen LogP contribution is 2.34. The lowest BCUT2D eigenvalue weighted by Gasteiger charge is -2.12. The number of phenols is 1. The van der Waals surface area contributed by atoms with E-state index in [2.05, 4.69) is 5.10 Å². The Morgan fingerprint density at radius 1 is 1.25 bits per heavy atom. The smallest absolute Gasteiger partial charge is 0.433 e. The molecule has 0 aliphatic rings. The molecule has 0 unspecified atom stereocenters. The van der Waals surface area contributed by atoms with Gasteiger partial charge < -0.3 is 10.2 Å². The normalized spacial score (nSPS) is 11.6. The summed E-state index contributed by atoms with van der Waals surface area (Å²) in [5, 5.41) is 21.4. The van der Waals surface area contributed by atoms with Gasteiger partial charge in [0.1, 0.15) is 5.75 Å². The second-order valence-electron chi connectivity index (χ2n) is 4.01. The highest BCUT2D eigenvalue weighted by atomic mass is 19.4. The number of halogens is 3. The van der Waals surface area contributed by atoms with Gasteiger partial charge in [0.15, 0.2) is 5.69 Å². The van der Waals surface area contributed by atoms with Crippen molar-refractivity contribution >= 4 is 5.97 Å². The van der Waals surface area contributed by atoms with Crippen molar-refractivity contribution in [2.45, 2.75) is 12.6 Å². The molecular formula is C12H9F3N2O3. The van der Waals surface area contributed by atoms with Gasteiger partial charge in [0.2, 0.25) is 0 Å². The summed E-state index contributed by atoms with van der Waals surface area (Å²) < 4.78 is 39.8. The first kappa shape index (κ1) is 13.9. The number of benzene rings is 1. The van der Waals surface area contributed by atoms with Crippen LogP contribution in [0, 0.1) is 0 Å². The maximum absolute atomic E-state index is 13.1. The van der Waals surface area contributed by atoms with Gasteiger partial charge >= 0.3 is 12.1 Å². The minimum atomic E-state index is -4.74. The molecule has 1 heterocycles. The third kappa shape index (κ3) is 2.73. The molecule has 8 heteroatoms. The Hall–Kier alpha value is -2.51. The highest BCUT2D eigenvalue weighted by Gasteiger charge is 2.38. The Morgan fingerprint density at radius 3 is 2.35 bits per heavy atom. The van der Waals surface area contributed by atoms with E-state index >= 15 is 0 Å². The molecule has 0 fully saturated rings. The van der Waals surface area contributed by atoms with Gasteiger partial charge in [-0.15, -0.1) is 0 Å². The van der Waals surface area contributed by atoms with E-state index in [1.165, 1.54) is 24.3 Å². The topological polar surface area (TPSA) is 75.3 Å². The third-order valence-corrected chi connectivity index (χ3v) is 2.55. The maximum atomic E-state index is 13.1. The molecule has 1 aromatic carbocycles. The molecule has 0 saturated heterocycles. The van der Waals surface area contributed by atoms with E-state index in [9.17, 15) is 18.0 Å².